The normalized spacial score (nSPS) is 12.6. The van der Waals surface area contributed by atoms with Gasteiger partial charge in [0, 0.05) is 31.2 Å². The number of nitrogens with one attached hydrogen (secondary N) is 3. The molecule has 0 aliphatic rings. The van der Waals surface area contributed by atoms with Gasteiger partial charge in [0.05, 0.1) is 6.33 Å². The summed E-state index contributed by atoms with van der Waals surface area (Å²) in [6, 6.07) is 7.39. The van der Waals surface area contributed by atoms with E-state index in [4.69, 9.17) is 0 Å². The van der Waals surface area contributed by atoms with E-state index < -0.39 is 24.0 Å². The highest BCUT2D eigenvalue weighted by molar-refractivity contribution is 5.90. The van der Waals surface area contributed by atoms with Gasteiger partial charge in [0.2, 0.25) is 11.8 Å². The van der Waals surface area contributed by atoms with Crippen molar-refractivity contribution in [3.8, 4) is 0 Å². The van der Waals surface area contributed by atoms with Crippen LogP contribution in [-0.4, -0.2) is 44.9 Å². The van der Waals surface area contributed by atoms with Gasteiger partial charge in [-0.05, 0) is 12.0 Å². The third-order valence-corrected chi connectivity index (χ3v) is 6.04. The molecule has 2 aromatic rings. The fraction of sp³-hybridized carbons (Fsp3) is 0.556. The number of nitrogens with zero attached hydrogens (tertiary/aromatic N) is 1. The predicted octanol–water partition coefficient (Wildman–Crippen LogP) is 4.17. The highest BCUT2D eigenvalue weighted by Crippen LogP contribution is 2.11. The lowest BCUT2D eigenvalue weighted by Gasteiger charge is -2.21. The molecule has 8 nitrogen and oxygen atoms in total. The molecule has 0 bridgehead atoms. The number of rotatable bonds is 18. The molecule has 1 heterocycles. The zero-order valence-corrected chi connectivity index (χ0v) is 20.8. The first kappa shape index (κ1) is 28.1. The SMILES string of the molecule is CCCCCCCCCCCC(=O)N[C@@H](Cc1ccccc1)C(=O)N[C@@H](Cc1cnc[nH]1)C(=O)O. The molecule has 1 aromatic carbocycles. The summed E-state index contributed by atoms with van der Waals surface area (Å²) in [5, 5.41) is 15.0. The monoisotopic (exact) mass is 484 g/mol. The Bertz CT molecular complexity index is 871. The highest BCUT2D eigenvalue weighted by Gasteiger charge is 2.27. The average Bonchev–Trinajstić information content (AvgIpc) is 3.36. The minimum atomic E-state index is -1.15. The number of hydrogen-bond donors (Lipinski definition) is 4. The number of hydrogen-bond acceptors (Lipinski definition) is 4. The van der Waals surface area contributed by atoms with Crippen LogP contribution in [0.25, 0.3) is 0 Å². The van der Waals surface area contributed by atoms with Crippen molar-refractivity contribution in [2.24, 2.45) is 0 Å². The van der Waals surface area contributed by atoms with Crippen molar-refractivity contribution >= 4 is 17.8 Å². The number of carboxylic acid groups (broad SMARTS) is 1. The molecular formula is C27H40N4O4. The van der Waals surface area contributed by atoms with Crippen molar-refractivity contribution in [3.05, 3.63) is 54.1 Å². The number of benzene rings is 1. The summed E-state index contributed by atoms with van der Waals surface area (Å²) in [6.45, 7) is 2.21. The van der Waals surface area contributed by atoms with Crippen molar-refractivity contribution < 1.29 is 19.5 Å². The Morgan fingerprint density at radius 2 is 1.54 bits per heavy atom. The zero-order valence-electron chi connectivity index (χ0n) is 20.8. The first-order valence-electron chi connectivity index (χ1n) is 12.8. The molecule has 8 heteroatoms. The van der Waals surface area contributed by atoms with Crippen molar-refractivity contribution in [3.63, 3.8) is 0 Å². The Morgan fingerprint density at radius 1 is 0.886 bits per heavy atom. The number of carbonyl (C=O) groups excluding carboxylic acids is 2. The van der Waals surface area contributed by atoms with Gasteiger partial charge in [0.1, 0.15) is 12.1 Å². The van der Waals surface area contributed by atoms with E-state index >= 15 is 0 Å². The van der Waals surface area contributed by atoms with Crippen LogP contribution in [0.5, 0.6) is 0 Å². The second-order valence-electron chi connectivity index (χ2n) is 9.07. The third-order valence-electron chi connectivity index (χ3n) is 6.04. The maximum absolute atomic E-state index is 13.0. The van der Waals surface area contributed by atoms with Gasteiger partial charge in [-0.15, -0.1) is 0 Å². The van der Waals surface area contributed by atoms with Gasteiger partial charge in [-0.2, -0.15) is 0 Å². The molecule has 35 heavy (non-hydrogen) atoms. The third kappa shape index (κ3) is 11.7. The number of H-pyrrole nitrogens is 1. The van der Waals surface area contributed by atoms with Crippen molar-refractivity contribution in [2.45, 2.75) is 96.1 Å². The molecule has 0 saturated carbocycles. The first-order chi connectivity index (χ1) is 17.0. The summed E-state index contributed by atoms with van der Waals surface area (Å²) >= 11 is 0. The van der Waals surface area contributed by atoms with Gasteiger partial charge >= 0.3 is 5.97 Å². The number of imidazole rings is 1. The fourth-order valence-corrected chi connectivity index (χ4v) is 4.01. The summed E-state index contributed by atoms with van der Waals surface area (Å²) in [7, 11) is 0. The molecule has 2 rings (SSSR count). The van der Waals surface area contributed by atoms with E-state index in [0.29, 0.717) is 12.1 Å². The number of carboxylic acids is 1. The van der Waals surface area contributed by atoms with E-state index in [0.717, 1.165) is 24.8 Å². The molecule has 2 atom stereocenters. The van der Waals surface area contributed by atoms with E-state index in [1.807, 2.05) is 30.3 Å². The Balaban J connectivity index is 1.86. The van der Waals surface area contributed by atoms with Crippen molar-refractivity contribution in [1.82, 2.24) is 20.6 Å². The van der Waals surface area contributed by atoms with Crippen LogP contribution in [0.2, 0.25) is 0 Å². The quantitative estimate of drug-likeness (QED) is 0.236. The second-order valence-corrected chi connectivity index (χ2v) is 9.07. The molecule has 192 valence electrons. The Kier molecular flexibility index (Phi) is 13.2. The molecule has 0 aliphatic carbocycles. The molecule has 4 N–H and O–H groups in total. The van der Waals surface area contributed by atoms with E-state index in [1.165, 1.54) is 51.0 Å². The summed E-state index contributed by atoms with van der Waals surface area (Å²) in [5.41, 5.74) is 1.49. The second kappa shape index (κ2) is 16.5. The minimum Gasteiger partial charge on any atom is -0.480 e. The lowest BCUT2D eigenvalue weighted by molar-refractivity contribution is -0.142. The average molecular weight is 485 g/mol. The first-order valence-corrected chi connectivity index (χ1v) is 12.8. The number of aromatic amines is 1. The number of carbonyl (C=O) groups is 3. The van der Waals surface area contributed by atoms with Crippen LogP contribution in [0, 0.1) is 0 Å². The maximum atomic E-state index is 13.0. The van der Waals surface area contributed by atoms with Crippen molar-refractivity contribution in [2.75, 3.05) is 0 Å². The zero-order chi connectivity index (χ0) is 25.3. The Morgan fingerprint density at radius 3 is 2.14 bits per heavy atom. The highest BCUT2D eigenvalue weighted by atomic mass is 16.4. The summed E-state index contributed by atoms with van der Waals surface area (Å²) in [5.74, 6) is -1.85. The minimum absolute atomic E-state index is 0.0749. The number of aromatic nitrogens is 2. The summed E-state index contributed by atoms with van der Waals surface area (Å²) in [4.78, 5) is 44.1. The van der Waals surface area contributed by atoms with E-state index in [2.05, 4.69) is 27.5 Å². The topological polar surface area (TPSA) is 124 Å². The van der Waals surface area contributed by atoms with E-state index in [1.54, 1.807) is 0 Å². The number of amides is 2. The molecule has 2 amide bonds. The molecule has 0 saturated heterocycles. The molecule has 0 aliphatic heterocycles. The molecule has 0 spiro atoms. The van der Waals surface area contributed by atoms with Gasteiger partial charge in [0.25, 0.3) is 0 Å². The fourth-order valence-electron chi connectivity index (χ4n) is 4.01. The largest absolute Gasteiger partial charge is 0.480 e. The van der Waals surface area contributed by atoms with Crippen LogP contribution in [0.3, 0.4) is 0 Å². The van der Waals surface area contributed by atoms with E-state index in [9.17, 15) is 19.5 Å². The van der Waals surface area contributed by atoms with Crippen LogP contribution in [0.1, 0.15) is 82.4 Å². The molecular weight excluding hydrogens is 444 g/mol. The molecule has 0 radical (unpaired) electrons. The van der Waals surface area contributed by atoms with Crippen LogP contribution in [-0.2, 0) is 27.2 Å². The maximum Gasteiger partial charge on any atom is 0.326 e. The van der Waals surface area contributed by atoms with Gasteiger partial charge < -0.3 is 20.7 Å². The standard InChI is InChI=1S/C27H40N4O4/c1-2-3-4-5-6-7-8-9-13-16-25(32)30-23(17-21-14-11-10-12-15-21)26(33)31-24(27(34)35)18-22-19-28-20-29-22/h10-12,14-15,19-20,23-24H,2-9,13,16-18H2,1H3,(H,28,29)(H,30,32)(H,31,33)(H,34,35)/t23-,24-/m0/s1. The number of unbranched alkanes of at least 4 members (excludes halogenated alkanes) is 8. The van der Waals surface area contributed by atoms with Gasteiger partial charge in [0.15, 0.2) is 0 Å². The molecule has 0 unspecified atom stereocenters. The van der Waals surface area contributed by atoms with Crippen LogP contribution in [0.4, 0.5) is 0 Å². The number of aliphatic carboxylic acids is 1. The lowest BCUT2D eigenvalue weighted by atomic mass is 10.0. The summed E-state index contributed by atoms with van der Waals surface area (Å²) < 4.78 is 0. The molecule has 0 fully saturated rings. The van der Waals surface area contributed by atoms with Crippen LogP contribution >= 0.6 is 0 Å². The Hall–Kier alpha value is -3.16. The van der Waals surface area contributed by atoms with Gasteiger partial charge in [-0.3, -0.25) is 9.59 Å². The van der Waals surface area contributed by atoms with Crippen molar-refractivity contribution in [1.29, 1.82) is 0 Å². The van der Waals surface area contributed by atoms with E-state index in [-0.39, 0.29) is 18.7 Å². The Labute approximate surface area is 208 Å². The van der Waals surface area contributed by atoms with Gasteiger partial charge in [-0.1, -0.05) is 88.6 Å². The van der Waals surface area contributed by atoms with Crippen LogP contribution in [0.15, 0.2) is 42.9 Å². The smallest absolute Gasteiger partial charge is 0.326 e. The predicted molar refractivity (Wildman–Crippen MR) is 136 cm³/mol. The molecule has 1 aromatic heterocycles. The lowest BCUT2D eigenvalue weighted by Crippen LogP contribution is -2.53. The van der Waals surface area contributed by atoms with Gasteiger partial charge in [-0.25, -0.2) is 9.78 Å². The van der Waals surface area contributed by atoms with Crippen LogP contribution < -0.4 is 10.6 Å². The summed E-state index contributed by atoms with van der Waals surface area (Å²) in [6.07, 6.45) is 14.1.